The van der Waals surface area contributed by atoms with Gasteiger partial charge in [-0.3, -0.25) is 4.99 Å². The lowest BCUT2D eigenvalue weighted by molar-refractivity contribution is 0.409. The van der Waals surface area contributed by atoms with Gasteiger partial charge in [-0.1, -0.05) is 43.6 Å². The second-order valence-electron chi connectivity index (χ2n) is 4.08. The molecule has 1 aliphatic rings. The Morgan fingerprint density at radius 3 is 3.00 bits per heavy atom. The summed E-state index contributed by atoms with van der Waals surface area (Å²) in [5, 5.41) is 8.62. The van der Waals surface area contributed by atoms with E-state index in [1.165, 1.54) is 19.2 Å². The molecule has 6 heteroatoms. The number of thioether (sulfide) groups is 1. The van der Waals surface area contributed by atoms with Crippen molar-refractivity contribution in [1.82, 2.24) is 15.5 Å². The zero-order valence-electron chi connectivity index (χ0n) is 10.2. The third-order valence-corrected chi connectivity index (χ3v) is 4.39. The molecule has 0 radical (unpaired) electrons. The van der Waals surface area contributed by atoms with Gasteiger partial charge in [0.1, 0.15) is 0 Å². The summed E-state index contributed by atoms with van der Waals surface area (Å²) in [7, 11) is 0. The van der Waals surface area contributed by atoms with Crippen molar-refractivity contribution in [3.63, 3.8) is 0 Å². The number of nitrogens with zero attached hydrogens (tertiary/aromatic N) is 3. The lowest BCUT2D eigenvalue weighted by atomic mass is 9.99. The summed E-state index contributed by atoms with van der Waals surface area (Å²) in [5.41, 5.74) is 0. The Morgan fingerprint density at radius 1 is 1.53 bits per heavy atom. The van der Waals surface area contributed by atoms with E-state index in [1.54, 1.807) is 0 Å². The van der Waals surface area contributed by atoms with Gasteiger partial charge in [-0.05, 0) is 5.92 Å². The summed E-state index contributed by atoms with van der Waals surface area (Å²) >= 11 is 1.84. The van der Waals surface area contributed by atoms with Crippen molar-refractivity contribution >= 4 is 16.9 Å². The Balaban J connectivity index is 1.77. The van der Waals surface area contributed by atoms with Crippen LogP contribution in [0.5, 0.6) is 0 Å². The SMILES string of the molecule is CCC(CC)C1CN=C(NCc2ncon2)S1. The van der Waals surface area contributed by atoms with Crippen LogP contribution in [0.2, 0.25) is 0 Å². The molecule has 1 aromatic heterocycles. The lowest BCUT2D eigenvalue weighted by Gasteiger charge is -2.18. The Morgan fingerprint density at radius 2 is 2.35 bits per heavy atom. The minimum atomic E-state index is 0.581. The van der Waals surface area contributed by atoms with E-state index in [0.29, 0.717) is 17.6 Å². The highest BCUT2D eigenvalue weighted by Gasteiger charge is 2.25. The smallest absolute Gasteiger partial charge is 0.213 e. The van der Waals surface area contributed by atoms with Crippen LogP contribution in [0.4, 0.5) is 0 Å². The molecule has 0 spiro atoms. The minimum Gasteiger partial charge on any atom is -0.357 e. The molecule has 94 valence electrons. The van der Waals surface area contributed by atoms with Crippen molar-refractivity contribution < 1.29 is 4.52 Å². The van der Waals surface area contributed by atoms with Gasteiger partial charge in [-0.15, -0.1) is 0 Å². The molecule has 5 nitrogen and oxygen atoms in total. The van der Waals surface area contributed by atoms with Crippen molar-refractivity contribution in [2.24, 2.45) is 10.9 Å². The Hall–Kier alpha value is -1.04. The number of aliphatic imine (C=N–C) groups is 1. The zero-order chi connectivity index (χ0) is 12.1. The van der Waals surface area contributed by atoms with Crippen LogP contribution in [-0.2, 0) is 6.54 Å². The average Bonchev–Trinajstić information content (AvgIpc) is 2.99. The highest BCUT2D eigenvalue weighted by molar-refractivity contribution is 8.14. The van der Waals surface area contributed by atoms with Gasteiger partial charge in [0, 0.05) is 5.25 Å². The molecule has 2 heterocycles. The van der Waals surface area contributed by atoms with Crippen molar-refractivity contribution in [3.8, 4) is 0 Å². The molecule has 0 saturated carbocycles. The van der Waals surface area contributed by atoms with Gasteiger partial charge in [0.05, 0.1) is 13.1 Å². The third kappa shape index (κ3) is 3.21. The van der Waals surface area contributed by atoms with Crippen molar-refractivity contribution in [1.29, 1.82) is 0 Å². The van der Waals surface area contributed by atoms with Crippen molar-refractivity contribution in [2.75, 3.05) is 6.54 Å². The maximum absolute atomic E-state index is 4.68. The van der Waals surface area contributed by atoms with Gasteiger partial charge < -0.3 is 9.84 Å². The second-order valence-corrected chi connectivity index (χ2v) is 5.31. The van der Waals surface area contributed by atoms with Gasteiger partial charge in [-0.25, -0.2) is 0 Å². The first kappa shape index (κ1) is 12.4. The number of hydrogen-bond donors (Lipinski definition) is 1. The van der Waals surface area contributed by atoms with Gasteiger partial charge in [0.15, 0.2) is 11.0 Å². The van der Waals surface area contributed by atoms with Gasteiger partial charge in [0.25, 0.3) is 0 Å². The fourth-order valence-corrected chi connectivity index (χ4v) is 3.29. The van der Waals surface area contributed by atoms with Crippen LogP contribution in [-0.4, -0.2) is 27.1 Å². The quantitative estimate of drug-likeness (QED) is 0.871. The molecule has 2 rings (SSSR count). The molecule has 0 aromatic carbocycles. The zero-order valence-corrected chi connectivity index (χ0v) is 11.0. The monoisotopic (exact) mass is 254 g/mol. The number of aromatic nitrogens is 2. The van der Waals surface area contributed by atoms with E-state index in [1.807, 2.05) is 11.8 Å². The van der Waals surface area contributed by atoms with Crippen LogP contribution >= 0.6 is 11.8 Å². The average molecular weight is 254 g/mol. The van der Waals surface area contributed by atoms with Gasteiger partial charge in [0.2, 0.25) is 6.39 Å². The fraction of sp³-hybridized carbons (Fsp3) is 0.727. The normalized spacial score (nSPS) is 19.7. The molecule has 1 aliphatic heterocycles. The summed E-state index contributed by atoms with van der Waals surface area (Å²) < 4.78 is 4.68. The van der Waals surface area contributed by atoms with Crippen LogP contribution in [0, 0.1) is 5.92 Å². The predicted octanol–water partition coefficient (Wildman–Crippen LogP) is 2.07. The molecule has 0 fully saturated rings. The largest absolute Gasteiger partial charge is 0.357 e. The summed E-state index contributed by atoms with van der Waals surface area (Å²) in [6, 6.07) is 0. The van der Waals surface area contributed by atoms with Gasteiger partial charge >= 0.3 is 0 Å². The summed E-state index contributed by atoms with van der Waals surface area (Å²) in [6.07, 6.45) is 3.79. The van der Waals surface area contributed by atoms with Crippen LogP contribution in [0.25, 0.3) is 0 Å². The molecular weight excluding hydrogens is 236 g/mol. The van der Waals surface area contributed by atoms with Gasteiger partial charge in [-0.2, -0.15) is 4.98 Å². The van der Waals surface area contributed by atoms with Crippen LogP contribution < -0.4 is 5.32 Å². The molecule has 17 heavy (non-hydrogen) atoms. The van der Waals surface area contributed by atoms with E-state index < -0.39 is 0 Å². The molecule has 0 bridgehead atoms. The Labute approximate surface area is 105 Å². The number of amidine groups is 1. The first-order chi connectivity index (χ1) is 8.33. The van der Waals surface area contributed by atoms with E-state index in [9.17, 15) is 0 Å². The first-order valence-corrected chi connectivity index (χ1v) is 6.91. The molecule has 1 unspecified atom stereocenters. The topological polar surface area (TPSA) is 63.3 Å². The maximum atomic E-state index is 4.68. The second kappa shape index (κ2) is 6.05. The van der Waals surface area contributed by atoms with Crippen LogP contribution in [0.15, 0.2) is 15.9 Å². The van der Waals surface area contributed by atoms with E-state index in [2.05, 4.69) is 38.8 Å². The van der Waals surface area contributed by atoms with Crippen LogP contribution in [0.1, 0.15) is 32.5 Å². The predicted molar refractivity (Wildman–Crippen MR) is 68.9 cm³/mol. The lowest BCUT2D eigenvalue weighted by Crippen LogP contribution is -2.21. The summed E-state index contributed by atoms with van der Waals surface area (Å²) in [5.74, 6) is 1.42. The molecular formula is C11H18N4OS. The van der Waals surface area contributed by atoms with Crippen molar-refractivity contribution in [2.45, 2.75) is 38.5 Å². The third-order valence-electron chi connectivity index (χ3n) is 3.06. The molecule has 1 N–H and O–H groups in total. The first-order valence-electron chi connectivity index (χ1n) is 6.03. The molecule has 1 aromatic rings. The van der Waals surface area contributed by atoms with E-state index in [4.69, 9.17) is 0 Å². The number of nitrogens with one attached hydrogen (secondary N) is 1. The highest BCUT2D eigenvalue weighted by atomic mass is 32.2. The maximum Gasteiger partial charge on any atom is 0.213 e. The Kier molecular flexibility index (Phi) is 4.42. The van der Waals surface area contributed by atoms with Crippen LogP contribution in [0.3, 0.4) is 0 Å². The Bertz CT molecular complexity index is 362. The summed E-state index contributed by atoms with van der Waals surface area (Å²) in [6.45, 7) is 6.00. The molecule has 0 saturated heterocycles. The molecule has 0 aliphatic carbocycles. The number of rotatable bonds is 5. The van der Waals surface area contributed by atoms with E-state index >= 15 is 0 Å². The minimum absolute atomic E-state index is 0.581. The molecule has 0 amide bonds. The highest BCUT2D eigenvalue weighted by Crippen LogP contribution is 2.30. The van der Waals surface area contributed by atoms with Crippen molar-refractivity contribution in [3.05, 3.63) is 12.2 Å². The fourth-order valence-electron chi connectivity index (χ4n) is 1.97. The number of hydrogen-bond acceptors (Lipinski definition) is 6. The van der Waals surface area contributed by atoms with E-state index in [-0.39, 0.29) is 0 Å². The molecule has 1 atom stereocenters. The van der Waals surface area contributed by atoms with E-state index in [0.717, 1.165) is 17.6 Å². The standard InChI is InChI=1S/C11H18N4OS/c1-3-8(4-2)9-5-12-11(17-9)13-6-10-14-7-16-15-10/h7-9H,3-6H2,1-2H3,(H,12,13). The summed E-state index contributed by atoms with van der Waals surface area (Å²) in [4.78, 5) is 8.47.